The number of hydrogen-bond donors (Lipinski definition) is 3. The van der Waals surface area contributed by atoms with Gasteiger partial charge in [-0.05, 0) is 24.6 Å². The summed E-state index contributed by atoms with van der Waals surface area (Å²) >= 11 is 0. The van der Waals surface area contributed by atoms with E-state index in [1.165, 1.54) is 5.56 Å². The molecule has 0 aromatic heterocycles. The fourth-order valence-electron chi connectivity index (χ4n) is 2.37. The summed E-state index contributed by atoms with van der Waals surface area (Å²) in [4.78, 5) is 16.0. The lowest BCUT2D eigenvalue weighted by atomic mass is 10.2. The molecule has 0 heterocycles. The van der Waals surface area contributed by atoms with Gasteiger partial charge in [0.1, 0.15) is 12.4 Å². The number of guanidine groups is 1. The fraction of sp³-hybridized carbons (Fsp3) is 0.333. The third-order valence-electron chi connectivity index (χ3n) is 3.88. The van der Waals surface area contributed by atoms with Gasteiger partial charge < -0.3 is 20.7 Å². The minimum Gasteiger partial charge on any atom is -0.492 e. The first-order chi connectivity index (χ1) is 13.2. The molecular weight excluding hydrogens is 467 g/mol. The summed E-state index contributed by atoms with van der Waals surface area (Å²) < 4.78 is 5.66. The number of hydrogen-bond acceptors (Lipinski definition) is 3. The molecule has 2 aromatic carbocycles. The summed E-state index contributed by atoms with van der Waals surface area (Å²) in [5.74, 6) is 1.50. The number of rotatable bonds is 9. The average molecular weight is 496 g/mol. The number of halogens is 1. The highest BCUT2D eigenvalue weighted by Gasteiger charge is 2.03. The van der Waals surface area contributed by atoms with Crippen LogP contribution in [0.5, 0.6) is 5.75 Å². The van der Waals surface area contributed by atoms with Gasteiger partial charge in [0, 0.05) is 26.6 Å². The molecule has 0 spiro atoms. The van der Waals surface area contributed by atoms with Gasteiger partial charge in [-0.1, -0.05) is 48.0 Å². The Bertz CT molecular complexity index is 721. The summed E-state index contributed by atoms with van der Waals surface area (Å²) in [7, 11) is 1.70. The zero-order chi connectivity index (χ0) is 19.3. The predicted molar refractivity (Wildman–Crippen MR) is 124 cm³/mol. The quantitative estimate of drug-likeness (QED) is 0.216. The lowest BCUT2D eigenvalue weighted by Gasteiger charge is -2.12. The number of aliphatic imine (C=N–C) groups is 1. The molecule has 0 fully saturated rings. The molecule has 1 amide bonds. The molecule has 0 radical (unpaired) electrons. The molecule has 28 heavy (non-hydrogen) atoms. The molecule has 3 N–H and O–H groups in total. The van der Waals surface area contributed by atoms with E-state index in [-0.39, 0.29) is 29.9 Å². The topological polar surface area (TPSA) is 74.8 Å². The number of amides is 1. The Morgan fingerprint density at radius 1 is 0.964 bits per heavy atom. The molecule has 0 atom stereocenters. The molecule has 2 aromatic rings. The zero-order valence-electron chi connectivity index (χ0n) is 16.4. The minimum absolute atomic E-state index is 0. The molecule has 0 aliphatic rings. The number of aryl methyl sites for hydroxylation is 1. The van der Waals surface area contributed by atoms with Crippen LogP contribution in [0.2, 0.25) is 0 Å². The summed E-state index contributed by atoms with van der Waals surface area (Å²) in [6, 6.07) is 17.8. The van der Waals surface area contributed by atoms with E-state index in [0.29, 0.717) is 38.6 Å². The normalized spacial score (nSPS) is 10.6. The van der Waals surface area contributed by atoms with Crippen LogP contribution in [0.15, 0.2) is 59.6 Å². The lowest BCUT2D eigenvalue weighted by Crippen LogP contribution is -2.40. The number of carbonyl (C=O) groups is 1. The summed E-state index contributed by atoms with van der Waals surface area (Å²) in [5.41, 5.74) is 2.29. The van der Waals surface area contributed by atoms with Crippen molar-refractivity contribution in [2.75, 3.05) is 26.7 Å². The molecule has 0 unspecified atom stereocenters. The first-order valence-corrected chi connectivity index (χ1v) is 9.12. The Morgan fingerprint density at radius 2 is 1.64 bits per heavy atom. The smallest absolute Gasteiger partial charge is 0.222 e. The Labute approximate surface area is 184 Å². The predicted octanol–water partition coefficient (Wildman–Crippen LogP) is 2.86. The molecule has 0 bridgehead atoms. The second-order valence-corrected chi connectivity index (χ2v) is 6.10. The van der Waals surface area contributed by atoms with Gasteiger partial charge in [-0.25, -0.2) is 0 Å². The summed E-state index contributed by atoms with van der Waals surface area (Å²) in [6.45, 7) is 4.25. The van der Waals surface area contributed by atoms with Crippen molar-refractivity contribution in [3.05, 3.63) is 65.7 Å². The van der Waals surface area contributed by atoms with E-state index in [1.54, 1.807) is 7.05 Å². The monoisotopic (exact) mass is 496 g/mol. The van der Waals surface area contributed by atoms with Crippen LogP contribution in [0.4, 0.5) is 0 Å². The van der Waals surface area contributed by atoms with E-state index in [9.17, 15) is 4.79 Å². The molecule has 6 nitrogen and oxygen atoms in total. The molecular formula is C21H29IN4O2. The summed E-state index contributed by atoms with van der Waals surface area (Å²) in [5, 5.41) is 9.20. The van der Waals surface area contributed by atoms with E-state index < -0.39 is 0 Å². The second-order valence-electron chi connectivity index (χ2n) is 6.10. The zero-order valence-corrected chi connectivity index (χ0v) is 18.7. The highest BCUT2D eigenvalue weighted by atomic mass is 127. The highest BCUT2D eigenvalue weighted by molar-refractivity contribution is 14.0. The minimum atomic E-state index is 0. The van der Waals surface area contributed by atoms with Crippen LogP contribution in [-0.2, 0) is 11.3 Å². The molecule has 0 aliphatic heterocycles. The van der Waals surface area contributed by atoms with Crippen molar-refractivity contribution in [2.45, 2.75) is 19.9 Å². The van der Waals surface area contributed by atoms with Crippen molar-refractivity contribution in [1.29, 1.82) is 0 Å². The van der Waals surface area contributed by atoms with Gasteiger partial charge in [-0.3, -0.25) is 9.79 Å². The van der Waals surface area contributed by atoms with Gasteiger partial charge >= 0.3 is 0 Å². The fourth-order valence-corrected chi connectivity index (χ4v) is 2.37. The molecule has 2 rings (SSSR count). The molecule has 0 aliphatic carbocycles. The molecule has 0 saturated heterocycles. The van der Waals surface area contributed by atoms with Crippen molar-refractivity contribution < 1.29 is 9.53 Å². The number of nitrogens with zero attached hydrogens (tertiary/aromatic N) is 1. The Morgan fingerprint density at radius 3 is 2.32 bits per heavy atom. The first kappa shape index (κ1) is 23.7. The summed E-state index contributed by atoms with van der Waals surface area (Å²) in [6.07, 6.45) is 0.382. The van der Waals surface area contributed by atoms with Gasteiger partial charge in [0.2, 0.25) is 5.91 Å². The van der Waals surface area contributed by atoms with Crippen molar-refractivity contribution in [1.82, 2.24) is 16.0 Å². The number of ether oxygens (including phenoxy) is 1. The largest absolute Gasteiger partial charge is 0.492 e. The van der Waals surface area contributed by atoms with Crippen LogP contribution >= 0.6 is 24.0 Å². The third-order valence-corrected chi connectivity index (χ3v) is 3.88. The molecule has 152 valence electrons. The van der Waals surface area contributed by atoms with Gasteiger partial charge in [-0.2, -0.15) is 0 Å². The SMILES string of the molecule is CN=C(NCCOc1ccc(C)cc1)NCCC(=O)NCc1ccccc1.I. The second kappa shape index (κ2) is 13.8. The van der Waals surface area contributed by atoms with E-state index in [4.69, 9.17) is 4.74 Å². The van der Waals surface area contributed by atoms with Crippen LogP contribution < -0.4 is 20.7 Å². The maximum absolute atomic E-state index is 11.9. The maximum atomic E-state index is 11.9. The lowest BCUT2D eigenvalue weighted by molar-refractivity contribution is -0.121. The highest BCUT2D eigenvalue weighted by Crippen LogP contribution is 2.10. The van der Waals surface area contributed by atoms with Crippen LogP contribution in [0, 0.1) is 6.92 Å². The van der Waals surface area contributed by atoms with E-state index in [0.717, 1.165) is 11.3 Å². The standard InChI is InChI=1S/C21H28N4O2.HI/c1-17-8-10-19(11-9-17)27-15-14-24-21(22-2)23-13-12-20(26)25-16-18-6-4-3-5-7-18;/h3-11H,12-16H2,1-2H3,(H,25,26)(H2,22,23,24);1H. The van der Waals surface area contributed by atoms with E-state index in [2.05, 4.69) is 20.9 Å². The van der Waals surface area contributed by atoms with Gasteiger partial charge in [0.15, 0.2) is 5.96 Å². The van der Waals surface area contributed by atoms with Crippen molar-refractivity contribution >= 4 is 35.8 Å². The van der Waals surface area contributed by atoms with Crippen LogP contribution in [-0.4, -0.2) is 38.6 Å². The average Bonchev–Trinajstić information content (AvgIpc) is 2.70. The molecule has 7 heteroatoms. The Kier molecular flexibility index (Phi) is 11.7. The van der Waals surface area contributed by atoms with Gasteiger partial charge in [0.25, 0.3) is 0 Å². The van der Waals surface area contributed by atoms with Crippen molar-refractivity contribution in [2.24, 2.45) is 4.99 Å². The van der Waals surface area contributed by atoms with E-state index >= 15 is 0 Å². The Hall–Kier alpha value is -2.29. The number of benzene rings is 2. The Balaban J connectivity index is 0.00000392. The van der Waals surface area contributed by atoms with Crippen molar-refractivity contribution in [3.63, 3.8) is 0 Å². The maximum Gasteiger partial charge on any atom is 0.222 e. The number of nitrogens with one attached hydrogen (secondary N) is 3. The van der Waals surface area contributed by atoms with Gasteiger partial charge in [-0.15, -0.1) is 24.0 Å². The molecule has 0 saturated carbocycles. The van der Waals surface area contributed by atoms with Crippen LogP contribution in [0.1, 0.15) is 17.5 Å². The third kappa shape index (κ3) is 9.59. The van der Waals surface area contributed by atoms with Gasteiger partial charge in [0.05, 0.1) is 6.54 Å². The van der Waals surface area contributed by atoms with Crippen molar-refractivity contribution in [3.8, 4) is 5.75 Å². The van der Waals surface area contributed by atoms with Crippen LogP contribution in [0.25, 0.3) is 0 Å². The number of carbonyl (C=O) groups excluding carboxylic acids is 1. The first-order valence-electron chi connectivity index (χ1n) is 9.12. The van der Waals surface area contributed by atoms with Crippen LogP contribution in [0.3, 0.4) is 0 Å². The van der Waals surface area contributed by atoms with E-state index in [1.807, 2.05) is 61.5 Å².